The van der Waals surface area contributed by atoms with Gasteiger partial charge in [-0.3, -0.25) is 0 Å². The lowest BCUT2D eigenvalue weighted by atomic mass is 10.0. The minimum atomic E-state index is -0.831. The first-order valence-electron chi connectivity index (χ1n) is 6.92. The summed E-state index contributed by atoms with van der Waals surface area (Å²) in [6.07, 6.45) is -1.23. The predicted molar refractivity (Wildman–Crippen MR) is 76.4 cm³/mol. The van der Waals surface area contributed by atoms with E-state index in [2.05, 4.69) is 9.89 Å². The molecule has 2 rings (SSSR count). The van der Waals surface area contributed by atoms with E-state index in [4.69, 9.17) is 14.3 Å². The van der Waals surface area contributed by atoms with Crippen molar-refractivity contribution in [2.75, 3.05) is 20.3 Å². The molecule has 1 aliphatic rings. The maximum Gasteiger partial charge on any atom is 0.346 e. The smallest absolute Gasteiger partial charge is 0.346 e. The van der Waals surface area contributed by atoms with E-state index in [1.54, 1.807) is 6.92 Å². The summed E-state index contributed by atoms with van der Waals surface area (Å²) in [7, 11) is 1.27. The number of nitrogens with zero attached hydrogens (tertiary/aromatic N) is 1. The van der Waals surface area contributed by atoms with Gasteiger partial charge in [0, 0.05) is 12.2 Å². The monoisotopic (exact) mass is 311 g/mol. The zero-order chi connectivity index (χ0) is 16.1. The number of hydrogen-bond donors (Lipinski definition) is 0. The molecule has 0 aliphatic carbocycles. The highest BCUT2D eigenvalue weighted by molar-refractivity contribution is 6.06. The maximum absolute atomic E-state index is 13.6. The van der Waals surface area contributed by atoms with Gasteiger partial charge in [0.1, 0.15) is 30.0 Å². The molecule has 7 heteroatoms. The van der Waals surface area contributed by atoms with Gasteiger partial charge in [-0.1, -0.05) is 5.16 Å². The fourth-order valence-corrected chi connectivity index (χ4v) is 2.07. The molecule has 0 bridgehead atoms. The molecule has 1 aliphatic heterocycles. The minimum absolute atomic E-state index is 0.256. The molecule has 1 heterocycles. The van der Waals surface area contributed by atoms with Crippen molar-refractivity contribution in [2.45, 2.75) is 26.1 Å². The predicted octanol–water partition coefficient (Wildman–Crippen LogP) is 1.91. The van der Waals surface area contributed by atoms with Gasteiger partial charge in [0.25, 0.3) is 0 Å². The Morgan fingerprint density at radius 1 is 1.55 bits per heavy atom. The number of hydrogen-bond acceptors (Lipinski definition) is 6. The van der Waals surface area contributed by atoms with E-state index in [0.29, 0.717) is 23.6 Å². The zero-order valence-corrected chi connectivity index (χ0v) is 12.7. The molecule has 2 unspecified atom stereocenters. The summed E-state index contributed by atoms with van der Waals surface area (Å²) in [5, 5.41) is 3.91. The van der Waals surface area contributed by atoms with Crippen LogP contribution < -0.4 is 4.74 Å². The lowest BCUT2D eigenvalue weighted by Gasteiger charge is -2.17. The van der Waals surface area contributed by atoms with Gasteiger partial charge in [0.15, 0.2) is 6.10 Å². The van der Waals surface area contributed by atoms with Crippen molar-refractivity contribution in [2.24, 2.45) is 5.16 Å². The summed E-state index contributed by atoms with van der Waals surface area (Å²) in [6.45, 7) is 4.12. The van der Waals surface area contributed by atoms with E-state index in [-0.39, 0.29) is 6.61 Å². The highest BCUT2D eigenvalue weighted by Gasteiger charge is 2.29. The quantitative estimate of drug-likeness (QED) is 0.751. The molecule has 1 aromatic carbocycles. The molecule has 0 aromatic heterocycles. The van der Waals surface area contributed by atoms with Gasteiger partial charge >= 0.3 is 5.97 Å². The van der Waals surface area contributed by atoms with E-state index in [9.17, 15) is 9.18 Å². The first kappa shape index (κ1) is 16.2. The largest absolute Gasteiger partial charge is 0.478 e. The van der Waals surface area contributed by atoms with Crippen LogP contribution in [0.2, 0.25) is 0 Å². The molecule has 120 valence electrons. The van der Waals surface area contributed by atoms with E-state index in [0.717, 1.165) is 0 Å². The summed E-state index contributed by atoms with van der Waals surface area (Å²) in [6, 6.07) is 3.96. The highest BCUT2D eigenvalue weighted by Crippen LogP contribution is 2.26. The normalized spacial score (nSPS) is 18.4. The molecule has 1 aromatic rings. The van der Waals surface area contributed by atoms with Crippen molar-refractivity contribution in [3.63, 3.8) is 0 Å². The van der Waals surface area contributed by atoms with Crippen molar-refractivity contribution in [3.05, 3.63) is 29.6 Å². The number of ether oxygens (including phenoxy) is 3. The van der Waals surface area contributed by atoms with Gasteiger partial charge in [0.05, 0.1) is 7.11 Å². The average Bonchev–Trinajstić information content (AvgIpc) is 2.96. The van der Waals surface area contributed by atoms with Gasteiger partial charge in [-0.15, -0.1) is 0 Å². The van der Waals surface area contributed by atoms with Crippen LogP contribution in [0.5, 0.6) is 5.75 Å². The Morgan fingerprint density at radius 2 is 2.32 bits per heavy atom. The van der Waals surface area contributed by atoms with Gasteiger partial charge in [-0.2, -0.15) is 0 Å². The zero-order valence-electron chi connectivity index (χ0n) is 12.7. The fraction of sp³-hybridized carbons (Fsp3) is 0.467. The summed E-state index contributed by atoms with van der Waals surface area (Å²) in [5.41, 5.74) is 0.833. The van der Waals surface area contributed by atoms with Gasteiger partial charge in [-0.05, 0) is 32.0 Å². The van der Waals surface area contributed by atoms with E-state index in [1.807, 2.05) is 6.92 Å². The number of carbonyl (C=O) groups excluding carboxylic acids is 1. The number of halogens is 1. The molecule has 2 atom stereocenters. The molecule has 6 nitrogen and oxygen atoms in total. The SMILES string of the molecule is CCOC1CON=C1c1cc(F)ccc1OC(C)C(=O)OC. The Bertz CT molecular complexity index is 575. The number of oxime groups is 1. The Balaban J connectivity index is 2.30. The summed E-state index contributed by atoms with van der Waals surface area (Å²) in [4.78, 5) is 16.5. The van der Waals surface area contributed by atoms with E-state index >= 15 is 0 Å². The first-order chi connectivity index (χ1) is 10.6. The van der Waals surface area contributed by atoms with Crippen LogP contribution in [-0.2, 0) is 19.1 Å². The van der Waals surface area contributed by atoms with Gasteiger partial charge in [0.2, 0.25) is 0 Å². The van der Waals surface area contributed by atoms with Crippen LogP contribution in [0.25, 0.3) is 0 Å². The average molecular weight is 311 g/mol. The third-order valence-corrected chi connectivity index (χ3v) is 3.12. The van der Waals surface area contributed by atoms with Gasteiger partial charge in [-0.25, -0.2) is 9.18 Å². The third-order valence-electron chi connectivity index (χ3n) is 3.12. The molecule has 0 N–H and O–H groups in total. The summed E-state index contributed by atoms with van der Waals surface area (Å²) < 4.78 is 29.3. The summed E-state index contributed by atoms with van der Waals surface area (Å²) in [5.74, 6) is -0.660. The van der Waals surface area contributed by atoms with Crippen molar-refractivity contribution in [1.29, 1.82) is 0 Å². The maximum atomic E-state index is 13.6. The highest BCUT2D eigenvalue weighted by atomic mass is 19.1. The van der Waals surface area contributed by atoms with E-state index in [1.165, 1.54) is 25.3 Å². The molecule has 0 radical (unpaired) electrons. The van der Waals surface area contributed by atoms with Crippen LogP contribution in [0.1, 0.15) is 19.4 Å². The van der Waals surface area contributed by atoms with Crippen LogP contribution in [0.4, 0.5) is 4.39 Å². The topological polar surface area (TPSA) is 66.3 Å². The van der Waals surface area contributed by atoms with Crippen molar-refractivity contribution < 1.29 is 28.2 Å². The second-order valence-corrected chi connectivity index (χ2v) is 4.64. The number of carbonyl (C=O) groups is 1. The van der Waals surface area contributed by atoms with Gasteiger partial charge < -0.3 is 19.0 Å². The van der Waals surface area contributed by atoms with E-state index < -0.39 is 24.0 Å². The second kappa shape index (κ2) is 7.22. The Hall–Kier alpha value is -2.15. The Labute approximate surface area is 127 Å². The van der Waals surface area contributed by atoms with Crippen LogP contribution >= 0.6 is 0 Å². The molecule has 0 fully saturated rings. The third kappa shape index (κ3) is 3.54. The Kier molecular flexibility index (Phi) is 5.32. The van der Waals surface area contributed by atoms with Crippen molar-refractivity contribution >= 4 is 11.7 Å². The fourth-order valence-electron chi connectivity index (χ4n) is 2.07. The van der Waals surface area contributed by atoms with Crippen LogP contribution in [0, 0.1) is 5.82 Å². The number of benzene rings is 1. The lowest BCUT2D eigenvalue weighted by molar-refractivity contribution is -0.147. The molecular formula is C15H18FNO5. The number of rotatable bonds is 6. The molecule has 22 heavy (non-hydrogen) atoms. The van der Waals surface area contributed by atoms with Crippen LogP contribution in [0.3, 0.4) is 0 Å². The number of methoxy groups -OCH3 is 1. The van der Waals surface area contributed by atoms with Crippen molar-refractivity contribution in [1.82, 2.24) is 0 Å². The molecule has 0 saturated heterocycles. The molecule has 0 saturated carbocycles. The molecular weight excluding hydrogens is 293 g/mol. The number of esters is 1. The first-order valence-corrected chi connectivity index (χ1v) is 6.92. The molecule has 0 amide bonds. The van der Waals surface area contributed by atoms with Crippen molar-refractivity contribution in [3.8, 4) is 5.75 Å². The lowest BCUT2D eigenvalue weighted by Crippen LogP contribution is -2.28. The molecule has 0 spiro atoms. The van der Waals surface area contributed by atoms with Crippen LogP contribution in [0.15, 0.2) is 23.4 Å². The Morgan fingerprint density at radius 3 is 3.00 bits per heavy atom. The van der Waals surface area contributed by atoms with Crippen LogP contribution in [-0.4, -0.2) is 44.2 Å². The standard InChI is InChI=1S/C15H18FNO5/c1-4-20-13-8-21-17-14(13)11-7-10(16)5-6-12(11)22-9(2)15(18)19-3/h5-7,9,13H,4,8H2,1-3H3. The minimum Gasteiger partial charge on any atom is -0.478 e. The summed E-state index contributed by atoms with van der Waals surface area (Å²) >= 11 is 0. The second-order valence-electron chi connectivity index (χ2n) is 4.64.